The molecule has 2 aliphatic rings. The molecule has 2 saturated carbocycles. The maximum absolute atomic E-state index is 12.9. The van der Waals surface area contributed by atoms with E-state index in [9.17, 15) is 18.0 Å². The molecule has 0 aliphatic heterocycles. The van der Waals surface area contributed by atoms with Crippen molar-refractivity contribution >= 4 is 18.3 Å². The lowest BCUT2D eigenvalue weighted by Gasteiger charge is -2.58. The van der Waals surface area contributed by atoms with Gasteiger partial charge in [-0.05, 0) is 25.7 Å². The zero-order valence-corrected chi connectivity index (χ0v) is 15.3. The molecule has 1 amide bonds. The number of halogens is 4. The number of rotatable bonds is 7. The van der Waals surface area contributed by atoms with E-state index in [-0.39, 0.29) is 31.0 Å². The first kappa shape index (κ1) is 21.5. The average molecular weight is 373 g/mol. The van der Waals surface area contributed by atoms with Gasteiger partial charge in [-0.15, -0.1) is 12.4 Å². The zero-order valence-electron chi connectivity index (χ0n) is 14.5. The quantitative estimate of drug-likeness (QED) is 0.747. The van der Waals surface area contributed by atoms with Gasteiger partial charge in [-0.3, -0.25) is 4.79 Å². The van der Waals surface area contributed by atoms with E-state index >= 15 is 0 Å². The minimum absolute atomic E-state index is 0. The Balaban J connectivity index is 0.00000288. The fraction of sp³-hybridized carbons (Fsp3) is 0.938. The Kier molecular flexibility index (Phi) is 6.61. The van der Waals surface area contributed by atoms with Crippen LogP contribution in [0.25, 0.3) is 0 Å². The molecule has 142 valence electrons. The van der Waals surface area contributed by atoms with Gasteiger partial charge in [-0.2, -0.15) is 13.2 Å². The van der Waals surface area contributed by atoms with Gasteiger partial charge in [-0.1, -0.05) is 13.8 Å². The monoisotopic (exact) mass is 372 g/mol. The van der Waals surface area contributed by atoms with Crippen molar-refractivity contribution < 1.29 is 22.7 Å². The van der Waals surface area contributed by atoms with Crippen molar-refractivity contribution in [1.29, 1.82) is 0 Å². The average Bonchev–Trinajstić information content (AvgIpc) is 3.25. The highest BCUT2D eigenvalue weighted by molar-refractivity contribution is 5.89. The lowest BCUT2D eigenvalue weighted by molar-refractivity contribution is -0.182. The van der Waals surface area contributed by atoms with E-state index in [1.165, 1.54) is 4.90 Å². The van der Waals surface area contributed by atoms with Crippen LogP contribution >= 0.6 is 12.4 Å². The Morgan fingerprint density at radius 2 is 1.92 bits per heavy atom. The normalized spacial score (nSPS) is 28.7. The van der Waals surface area contributed by atoms with Gasteiger partial charge < -0.3 is 15.4 Å². The Bertz CT molecular complexity index is 455. The molecule has 8 heteroatoms. The number of ether oxygens (including phenoxy) is 1. The fourth-order valence-corrected chi connectivity index (χ4v) is 3.23. The molecule has 24 heavy (non-hydrogen) atoms. The predicted octanol–water partition coefficient (Wildman–Crippen LogP) is 3.13. The van der Waals surface area contributed by atoms with Crippen molar-refractivity contribution in [2.75, 3.05) is 19.7 Å². The molecule has 0 radical (unpaired) electrons. The summed E-state index contributed by atoms with van der Waals surface area (Å²) in [6.45, 7) is 6.17. The van der Waals surface area contributed by atoms with E-state index in [4.69, 9.17) is 10.5 Å². The summed E-state index contributed by atoms with van der Waals surface area (Å²) in [4.78, 5) is 14.2. The molecule has 0 aromatic carbocycles. The van der Waals surface area contributed by atoms with Crippen molar-refractivity contribution in [2.45, 2.75) is 64.3 Å². The lowest BCUT2D eigenvalue weighted by Crippen LogP contribution is -2.76. The number of hydrogen-bond acceptors (Lipinski definition) is 3. The van der Waals surface area contributed by atoms with Crippen LogP contribution in [0.5, 0.6) is 0 Å². The third-order valence-corrected chi connectivity index (χ3v) is 5.34. The Labute approximate surface area is 147 Å². The molecular weight excluding hydrogens is 345 g/mol. The summed E-state index contributed by atoms with van der Waals surface area (Å²) in [6, 6.07) is 0. The van der Waals surface area contributed by atoms with Crippen LogP contribution in [0.1, 0.15) is 46.5 Å². The van der Waals surface area contributed by atoms with E-state index in [2.05, 4.69) is 0 Å². The molecule has 0 spiro atoms. The molecular formula is C16H28ClF3N2O2. The van der Waals surface area contributed by atoms with E-state index < -0.39 is 23.6 Å². The summed E-state index contributed by atoms with van der Waals surface area (Å²) in [7, 11) is 0. The number of carbonyl (C=O) groups is 1. The van der Waals surface area contributed by atoms with Gasteiger partial charge in [0.1, 0.15) is 5.54 Å². The molecule has 2 aliphatic carbocycles. The highest BCUT2D eigenvalue weighted by Gasteiger charge is 2.63. The summed E-state index contributed by atoms with van der Waals surface area (Å²) < 4.78 is 43.2. The van der Waals surface area contributed by atoms with Crippen LogP contribution < -0.4 is 5.73 Å². The van der Waals surface area contributed by atoms with Crippen LogP contribution in [0.15, 0.2) is 0 Å². The number of nitrogens with two attached hydrogens (primary N) is 1. The van der Waals surface area contributed by atoms with E-state index in [1.807, 2.05) is 20.8 Å². The Hall–Kier alpha value is -0.530. The fourth-order valence-electron chi connectivity index (χ4n) is 3.23. The van der Waals surface area contributed by atoms with Gasteiger partial charge >= 0.3 is 6.18 Å². The highest BCUT2D eigenvalue weighted by Crippen LogP contribution is 2.51. The summed E-state index contributed by atoms with van der Waals surface area (Å²) >= 11 is 0. The SMILES string of the molecule is CCOC1CC(N)(C(=O)N(CCC(F)(F)F)CC2CC2)C1(C)C.Cl. The Morgan fingerprint density at radius 3 is 2.33 bits per heavy atom. The van der Waals surface area contributed by atoms with Gasteiger partial charge in [0.2, 0.25) is 5.91 Å². The standard InChI is InChI=1S/C16H27F3N2O2.ClH/c1-4-23-12-9-15(20,14(12,2)3)13(22)21(10-11-5-6-11)8-7-16(17,18)19;/h11-12H,4-10,20H2,1-3H3;1H. The van der Waals surface area contributed by atoms with Crippen molar-refractivity contribution in [2.24, 2.45) is 17.1 Å². The van der Waals surface area contributed by atoms with Gasteiger partial charge in [0.25, 0.3) is 0 Å². The number of alkyl halides is 3. The summed E-state index contributed by atoms with van der Waals surface area (Å²) in [5, 5.41) is 0. The first-order valence-electron chi connectivity index (χ1n) is 8.28. The first-order valence-corrected chi connectivity index (χ1v) is 8.28. The van der Waals surface area contributed by atoms with Crippen LogP contribution in [0, 0.1) is 11.3 Å². The molecule has 2 fully saturated rings. The van der Waals surface area contributed by atoms with Crippen LogP contribution in [0.4, 0.5) is 13.2 Å². The number of hydrogen-bond donors (Lipinski definition) is 1. The van der Waals surface area contributed by atoms with E-state index in [0.717, 1.165) is 12.8 Å². The second-order valence-corrected chi connectivity index (χ2v) is 7.40. The maximum Gasteiger partial charge on any atom is 0.390 e. The summed E-state index contributed by atoms with van der Waals surface area (Å²) in [5.41, 5.74) is 4.60. The van der Waals surface area contributed by atoms with Gasteiger partial charge in [0.05, 0.1) is 12.5 Å². The molecule has 2 N–H and O–H groups in total. The third kappa shape index (κ3) is 4.35. The lowest BCUT2D eigenvalue weighted by atomic mass is 9.54. The van der Waals surface area contributed by atoms with Crippen molar-refractivity contribution in [3.63, 3.8) is 0 Å². The topological polar surface area (TPSA) is 55.6 Å². The molecule has 0 aromatic heterocycles. The number of nitrogens with zero attached hydrogens (tertiary/aromatic N) is 1. The van der Waals surface area contributed by atoms with E-state index in [1.54, 1.807) is 0 Å². The largest absolute Gasteiger partial charge is 0.390 e. The number of amides is 1. The highest BCUT2D eigenvalue weighted by atomic mass is 35.5. The second-order valence-electron chi connectivity index (χ2n) is 7.40. The molecule has 0 aromatic rings. The summed E-state index contributed by atoms with van der Waals surface area (Å²) in [5.74, 6) is -0.0451. The van der Waals surface area contributed by atoms with Crippen molar-refractivity contribution in [3.8, 4) is 0 Å². The minimum atomic E-state index is -4.27. The van der Waals surface area contributed by atoms with Crippen LogP contribution in [-0.2, 0) is 9.53 Å². The van der Waals surface area contributed by atoms with Gasteiger partial charge in [-0.25, -0.2) is 0 Å². The first-order chi connectivity index (χ1) is 10.5. The molecule has 2 atom stereocenters. The molecule has 2 unspecified atom stereocenters. The minimum Gasteiger partial charge on any atom is -0.378 e. The molecule has 0 heterocycles. The Morgan fingerprint density at radius 1 is 1.33 bits per heavy atom. The maximum atomic E-state index is 12.9. The van der Waals surface area contributed by atoms with Gasteiger partial charge in [0, 0.05) is 31.5 Å². The third-order valence-electron chi connectivity index (χ3n) is 5.34. The second kappa shape index (κ2) is 7.38. The molecule has 0 saturated heterocycles. The molecule has 0 bridgehead atoms. The zero-order chi connectivity index (χ0) is 17.5. The van der Waals surface area contributed by atoms with Crippen molar-refractivity contribution in [3.05, 3.63) is 0 Å². The van der Waals surface area contributed by atoms with Crippen molar-refractivity contribution in [1.82, 2.24) is 4.90 Å². The van der Waals surface area contributed by atoms with Crippen LogP contribution in [-0.4, -0.2) is 48.3 Å². The number of carbonyl (C=O) groups excluding carboxylic acids is 1. The van der Waals surface area contributed by atoms with Gasteiger partial charge in [0.15, 0.2) is 0 Å². The van der Waals surface area contributed by atoms with Crippen LogP contribution in [0.2, 0.25) is 0 Å². The summed E-state index contributed by atoms with van der Waals surface area (Å²) in [6.07, 6.45) is -3.09. The smallest absolute Gasteiger partial charge is 0.378 e. The van der Waals surface area contributed by atoms with Crippen LogP contribution in [0.3, 0.4) is 0 Å². The predicted molar refractivity (Wildman–Crippen MR) is 88.0 cm³/mol. The molecule has 4 nitrogen and oxygen atoms in total. The molecule has 2 rings (SSSR count). The van der Waals surface area contributed by atoms with E-state index in [0.29, 0.717) is 25.5 Å².